The topological polar surface area (TPSA) is 68.0 Å². The van der Waals surface area contributed by atoms with Crippen LogP contribution in [-0.4, -0.2) is 25.8 Å². The van der Waals surface area contributed by atoms with E-state index < -0.39 is 5.97 Å². The molecule has 0 bridgehead atoms. The number of aromatic nitrogens is 3. The fourth-order valence-corrected chi connectivity index (χ4v) is 3.27. The van der Waals surface area contributed by atoms with Crippen molar-refractivity contribution in [3.63, 3.8) is 0 Å². The molecule has 5 nitrogen and oxygen atoms in total. The number of carboxylic acids is 1. The number of thiazole rings is 1. The Balaban J connectivity index is 1.87. The van der Waals surface area contributed by atoms with E-state index in [-0.39, 0.29) is 5.69 Å². The van der Waals surface area contributed by atoms with Crippen LogP contribution in [-0.2, 0) is 0 Å². The lowest BCUT2D eigenvalue weighted by Crippen LogP contribution is -2.01. The van der Waals surface area contributed by atoms with Gasteiger partial charge in [0.05, 0.1) is 11.2 Å². The van der Waals surface area contributed by atoms with Gasteiger partial charge in [-0.2, -0.15) is 5.10 Å². The molecule has 0 aliphatic heterocycles. The minimum atomic E-state index is -1.04. The zero-order valence-corrected chi connectivity index (χ0v) is 12.7. The van der Waals surface area contributed by atoms with Gasteiger partial charge in [-0.3, -0.25) is 0 Å². The number of carboxylic acid groups (broad SMARTS) is 1. The van der Waals surface area contributed by atoms with Crippen molar-refractivity contribution < 1.29 is 9.90 Å². The maximum Gasteiger partial charge on any atom is 0.357 e. The highest BCUT2D eigenvalue weighted by Gasteiger charge is 2.18. The van der Waals surface area contributed by atoms with E-state index in [1.54, 1.807) is 16.8 Å². The van der Waals surface area contributed by atoms with E-state index in [0.29, 0.717) is 10.5 Å². The Morgan fingerprint density at radius 3 is 2.57 bits per heavy atom. The van der Waals surface area contributed by atoms with Crippen LogP contribution in [0.15, 0.2) is 60.0 Å². The molecule has 0 saturated carbocycles. The number of nitrogens with zero attached hydrogens (tertiary/aromatic N) is 3. The van der Waals surface area contributed by atoms with Crippen LogP contribution < -0.4 is 0 Å². The average molecular weight is 321 g/mol. The molecule has 0 fully saturated rings. The molecule has 0 atom stereocenters. The van der Waals surface area contributed by atoms with Gasteiger partial charge in [0.1, 0.15) is 0 Å². The second-order valence-corrected chi connectivity index (χ2v) is 5.80. The molecule has 1 N–H and O–H groups in total. The fraction of sp³-hybridized carbons (Fsp3) is 0. The summed E-state index contributed by atoms with van der Waals surface area (Å²) in [5, 5.41) is 16.8. The molecule has 0 aliphatic rings. The molecular formula is C17H11N3O2S. The molecule has 6 heteroatoms. The summed E-state index contributed by atoms with van der Waals surface area (Å²) < 4.78 is 1.59. The first-order chi connectivity index (χ1) is 11.2. The summed E-state index contributed by atoms with van der Waals surface area (Å²) in [6.45, 7) is 0. The molecule has 0 spiro atoms. The van der Waals surface area contributed by atoms with Gasteiger partial charge in [-0.25, -0.2) is 14.5 Å². The van der Waals surface area contributed by atoms with Crippen LogP contribution in [0, 0.1) is 0 Å². The van der Waals surface area contributed by atoms with Crippen LogP contribution in [0.3, 0.4) is 0 Å². The Morgan fingerprint density at radius 1 is 1.04 bits per heavy atom. The van der Waals surface area contributed by atoms with Crippen molar-refractivity contribution in [1.29, 1.82) is 0 Å². The first-order valence-corrected chi connectivity index (χ1v) is 7.84. The van der Waals surface area contributed by atoms with Crippen molar-refractivity contribution >= 4 is 28.2 Å². The molecule has 0 radical (unpaired) electrons. The van der Waals surface area contributed by atoms with Gasteiger partial charge in [-0.05, 0) is 6.07 Å². The van der Waals surface area contributed by atoms with E-state index in [9.17, 15) is 9.90 Å². The molecule has 2 aromatic carbocycles. The number of benzene rings is 2. The fourth-order valence-electron chi connectivity index (χ4n) is 2.47. The third-order valence-electron chi connectivity index (χ3n) is 3.53. The van der Waals surface area contributed by atoms with Crippen LogP contribution in [0.2, 0.25) is 0 Å². The van der Waals surface area contributed by atoms with Gasteiger partial charge in [0.2, 0.25) is 5.13 Å². The lowest BCUT2D eigenvalue weighted by atomic mass is 10.2. The first kappa shape index (κ1) is 13.7. The summed E-state index contributed by atoms with van der Waals surface area (Å²) in [6.07, 6.45) is 0. The van der Waals surface area contributed by atoms with Crippen molar-refractivity contribution in [1.82, 2.24) is 14.8 Å². The van der Waals surface area contributed by atoms with Gasteiger partial charge < -0.3 is 5.11 Å². The second-order valence-electron chi connectivity index (χ2n) is 4.96. The van der Waals surface area contributed by atoms with E-state index in [4.69, 9.17) is 0 Å². The Bertz CT molecular complexity index is 1010. The third kappa shape index (κ3) is 2.29. The molecule has 4 rings (SSSR count). The largest absolute Gasteiger partial charge is 0.476 e. The van der Waals surface area contributed by atoms with Crippen molar-refractivity contribution in [2.24, 2.45) is 0 Å². The molecule has 4 aromatic rings. The molecule has 2 heterocycles. The van der Waals surface area contributed by atoms with Crippen molar-refractivity contribution in [3.8, 4) is 16.4 Å². The lowest BCUT2D eigenvalue weighted by Gasteiger charge is -1.98. The predicted molar refractivity (Wildman–Crippen MR) is 89.1 cm³/mol. The maximum absolute atomic E-state index is 11.4. The smallest absolute Gasteiger partial charge is 0.357 e. The number of aromatic carboxylic acids is 1. The molecular weight excluding hydrogens is 310 g/mol. The lowest BCUT2D eigenvalue weighted by molar-refractivity contribution is 0.0692. The Morgan fingerprint density at radius 2 is 1.78 bits per heavy atom. The second kappa shape index (κ2) is 5.33. The minimum absolute atomic E-state index is 0.0389. The van der Waals surface area contributed by atoms with Crippen LogP contribution in [0.4, 0.5) is 0 Å². The van der Waals surface area contributed by atoms with Crippen LogP contribution >= 0.6 is 11.3 Å². The number of hydrogen-bond acceptors (Lipinski definition) is 4. The molecule has 0 amide bonds. The third-order valence-corrected chi connectivity index (χ3v) is 4.35. The molecule has 23 heavy (non-hydrogen) atoms. The van der Waals surface area contributed by atoms with Crippen molar-refractivity contribution in [2.75, 3.05) is 0 Å². The number of fused-ring (bicyclic) bond motifs is 1. The predicted octanol–water partition coefficient (Wildman–Crippen LogP) is 3.85. The van der Waals surface area contributed by atoms with Crippen LogP contribution in [0.1, 0.15) is 10.5 Å². The van der Waals surface area contributed by atoms with Gasteiger partial charge in [0, 0.05) is 16.3 Å². The number of carbonyl (C=O) groups is 1. The maximum atomic E-state index is 11.4. The van der Waals surface area contributed by atoms with Gasteiger partial charge >= 0.3 is 5.97 Å². The van der Waals surface area contributed by atoms with Gasteiger partial charge in [0.15, 0.2) is 5.69 Å². The normalized spacial score (nSPS) is 11.0. The molecule has 2 aromatic heterocycles. The summed E-state index contributed by atoms with van der Waals surface area (Å²) in [6, 6.07) is 17.1. The molecule has 0 aliphatic carbocycles. The summed E-state index contributed by atoms with van der Waals surface area (Å²) >= 11 is 1.43. The molecule has 112 valence electrons. The van der Waals surface area contributed by atoms with Crippen LogP contribution in [0.5, 0.6) is 0 Å². The SMILES string of the molecule is O=C(O)c1nn(-c2nc(-c3ccccc3)cs2)c2ccccc12. The van der Waals surface area contributed by atoms with Crippen LogP contribution in [0.25, 0.3) is 27.3 Å². The highest BCUT2D eigenvalue weighted by Crippen LogP contribution is 2.27. The zero-order valence-electron chi connectivity index (χ0n) is 11.9. The van der Waals surface area contributed by atoms with E-state index in [1.165, 1.54) is 11.3 Å². The standard InChI is InChI=1S/C17H11N3O2S/c21-16(22)15-12-8-4-5-9-14(12)20(19-15)17-18-13(10-23-17)11-6-2-1-3-7-11/h1-10H,(H,21,22). The van der Waals surface area contributed by atoms with Gasteiger partial charge in [-0.15, -0.1) is 11.3 Å². The van der Waals surface area contributed by atoms with Gasteiger partial charge in [0.25, 0.3) is 0 Å². The Labute approximate surface area is 135 Å². The minimum Gasteiger partial charge on any atom is -0.476 e. The van der Waals surface area contributed by atoms with E-state index in [2.05, 4.69) is 10.1 Å². The first-order valence-electron chi connectivity index (χ1n) is 6.96. The summed E-state index contributed by atoms with van der Waals surface area (Å²) in [5.74, 6) is -1.04. The highest BCUT2D eigenvalue weighted by atomic mass is 32.1. The van der Waals surface area contributed by atoms with E-state index >= 15 is 0 Å². The Hall–Kier alpha value is -2.99. The van der Waals surface area contributed by atoms with E-state index in [0.717, 1.165) is 16.8 Å². The molecule has 0 saturated heterocycles. The summed E-state index contributed by atoms with van der Waals surface area (Å²) in [4.78, 5) is 16.0. The zero-order chi connectivity index (χ0) is 15.8. The number of para-hydroxylation sites is 1. The summed E-state index contributed by atoms with van der Waals surface area (Å²) in [5.41, 5.74) is 2.64. The van der Waals surface area contributed by atoms with E-state index in [1.807, 2.05) is 47.8 Å². The van der Waals surface area contributed by atoms with Gasteiger partial charge in [-0.1, -0.05) is 48.5 Å². The number of rotatable bonds is 3. The Kier molecular flexibility index (Phi) is 3.17. The summed E-state index contributed by atoms with van der Waals surface area (Å²) in [7, 11) is 0. The number of hydrogen-bond donors (Lipinski definition) is 1. The average Bonchev–Trinajstić information content (AvgIpc) is 3.20. The highest BCUT2D eigenvalue weighted by molar-refractivity contribution is 7.12. The van der Waals surface area contributed by atoms with Crippen molar-refractivity contribution in [2.45, 2.75) is 0 Å². The molecule has 0 unspecified atom stereocenters. The van der Waals surface area contributed by atoms with Crippen molar-refractivity contribution in [3.05, 3.63) is 65.7 Å². The quantitative estimate of drug-likeness (QED) is 0.622. The monoisotopic (exact) mass is 321 g/mol.